The first-order valence-corrected chi connectivity index (χ1v) is 14.7. The second-order valence-corrected chi connectivity index (χ2v) is 12.7. The number of allylic oxidation sites excluding steroid dienone is 1. The molecule has 2 amide bonds. The monoisotopic (exact) mass is 546 g/mol. The minimum atomic E-state index is -1.08. The molecule has 3 aliphatic heterocycles. The Hall–Kier alpha value is -2.19. The fourth-order valence-corrected chi connectivity index (χ4v) is 6.99. The number of carbonyl (C=O) groups excluding carboxylic acids is 3. The molecule has 0 aromatic rings. The molecule has 39 heavy (non-hydrogen) atoms. The summed E-state index contributed by atoms with van der Waals surface area (Å²) in [6.45, 7) is 18.7. The Labute approximate surface area is 234 Å². The van der Waals surface area contributed by atoms with E-state index in [1.165, 1.54) is 0 Å². The molecule has 8 nitrogen and oxygen atoms in total. The molecule has 3 fully saturated rings. The first kappa shape index (κ1) is 31.3. The molecule has 3 heterocycles. The summed E-state index contributed by atoms with van der Waals surface area (Å²) in [5.74, 6) is -2.29. The van der Waals surface area contributed by atoms with Gasteiger partial charge in [0, 0.05) is 25.2 Å². The van der Waals surface area contributed by atoms with Gasteiger partial charge in [0.1, 0.15) is 17.6 Å². The summed E-state index contributed by atoms with van der Waals surface area (Å²) < 4.78 is 12.5. The highest BCUT2D eigenvalue weighted by Gasteiger charge is 2.80. The van der Waals surface area contributed by atoms with Crippen LogP contribution in [0.1, 0.15) is 86.0 Å². The molecule has 1 spiro atoms. The molecule has 8 heteroatoms. The molecule has 3 unspecified atom stereocenters. The van der Waals surface area contributed by atoms with E-state index in [-0.39, 0.29) is 30.9 Å². The maximum Gasteiger partial charge on any atom is 0.312 e. The molecule has 220 valence electrons. The van der Waals surface area contributed by atoms with Gasteiger partial charge >= 0.3 is 5.97 Å². The van der Waals surface area contributed by atoms with E-state index < -0.39 is 40.6 Å². The Morgan fingerprint density at radius 3 is 2.46 bits per heavy atom. The summed E-state index contributed by atoms with van der Waals surface area (Å²) >= 11 is 0. The van der Waals surface area contributed by atoms with Gasteiger partial charge in [-0.05, 0) is 72.1 Å². The summed E-state index contributed by atoms with van der Waals surface area (Å²) in [4.78, 5) is 45.7. The number of ether oxygens (including phenoxy) is 2. The van der Waals surface area contributed by atoms with Crippen LogP contribution >= 0.6 is 0 Å². The Morgan fingerprint density at radius 1 is 1.15 bits per heavy atom. The van der Waals surface area contributed by atoms with Crippen molar-refractivity contribution >= 4 is 17.8 Å². The van der Waals surface area contributed by atoms with Crippen molar-refractivity contribution in [1.82, 2.24) is 9.80 Å². The first-order chi connectivity index (χ1) is 18.4. The second-order valence-electron chi connectivity index (χ2n) is 12.7. The van der Waals surface area contributed by atoms with Crippen LogP contribution in [0, 0.1) is 17.8 Å². The number of nitrogens with zero attached hydrogens (tertiary/aromatic N) is 2. The van der Waals surface area contributed by atoms with E-state index in [9.17, 15) is 14.4 Å². The van der Waals surface area contributed by atoms with E-state index in [1.54, 1.807) is 15.9 Å². The van der Waals surface area contributed by atoms with Gasteiger partial charge in [-0.25, -0.2) is 0 Å². The zero-order chi connectivity index (χ0) is 29.0. The van der Waals surface area contributed by atoms with Gasteiger partial charge in [0.15, 0.2) is 0 Å². The Balaban J connectivity index is 1.97. The van der Waals surface area contributed by atoms with Gasteiger partial charge in [0.25, 0.3) is 0 Å². The maximum atomic E-state index is 14.4. The molecular formula is C31H50N2O6. The highest BCUT2D eigenvalue weighted by Crippen LogP contribution is 2.65. The zero-order valence-corrected chi connectivity index (χ0v) is 24.7. The van der Waals surface area contributed by atoms with E-state index in [1.807, 2.05) is 40.7 Å². The van der Waals surface area contributed by atoms with E-state index in [0.29, 0.717) is 32.4 Å². The van der Waals surface area contributed by atoms with E-state index in [0.717, 1.165) is 32.1 Å². The van der Waals surface area contributed by atoms with Crippen LogP contribution in [-0.2, 0) is 23.9 Å². The fourth-order valence-electron chi connectivity index (χ4n) is 6.99. The number of fused-ring (bicyclic) bond motifs is 1. The molecule has 0 aromatic carbocycles. The average molecular weight is 547 g/mol. The molecule has 0 aliphatic carbocycles. The molecule has 2 bridgehead atoms. The molecule has 6 atom stereocenters. The van der Waals surface area contributed by atoms with Crippen LogP contribution in [0.3, 0.4) is 0 Å². The van der Waals surface area contributed by atoms with E-state index in [4.69, 9.17) is 14.6 Å². The number of hydrogen-bond donors (Lipinski definition) is 1. The summed E-state index contributed by atoms with van der Waals surface area (Å²) in [6, 6.07) is -0.818. The van der Waals surface area contributed by atoms with Crippen LogP contribution in [0.5, 0.6) is 0 Å². The topological polar surface area (TPSA) is 96.4 Å². The lowest BCUT2D eigenvalue weighted by Crippen LogP contribution is -2.60. The minimum absolute atomic E-state index is 0.0258. The SMILES string of the molecule is C=CCCCCOC(=O)[C@@H]1[C@H]2C(=O)N(CCCCCCO)C(C(=O)N(CC=C)C(C)(C)C)C23CC(C)[C@@]1(C)O3. The average Bonchev–Trinajstić information content (AvgIpc) is 3.37. The van der Waals surface area contributed by atoms with Gasteiger partial charge in [-0.2, -0.15) is 0 Å². The third-order valence-electron chi connectivity index (χ3n) is 9.04. The highest BCUT2D eigenvalue weighted by atomic mass is 16.6. The van der Waals surface area contributed by atoms with Gasteiger partial charge in [0.05, 0.1) is 18.1 Å². The quantitative estimate of drug-likeness (QED) is 0.187. The molecule has 1 N–H and O–H groups in total. The number of esters is 1. The van der Waals surface area contributed by atoms with Crippen molar-refractivity contribution in [3.63, 3.8) is 0 Å². The number of carbonyl (C=O) groups is 3. The lowest BCUT2D eigenvalue weighted by Gasteiger charge is -2.42. The Morgan fingerprint density at radius 2 is 1.85 bits per heavy atom. The second kappa shape index (κ2) is 12.5. The van der Waals surface area contributed by atoms with Crippen LogP contribution in [0.2, 0.25) is 0 Å². The summed E-state index contributed by atoms with van der Waals surface area (Å²) in [5.41, 5.74) is -2.45. The summed E-state index contributed by atoms with van der Waals surface area (Å²) in [7, 11) is 0. The largest absolute Gasteiger partial charge is 0.465 e. The number of aliphatic hydroxyl groups excluding tert-OH is 1. The molecule has 0 saturated carbocycles. The fraction of sp³-hybridized carbons (Fsp3) is 0.774. The third-order valence-corrected chi connectivity index (χ3v) is 9.04. The molecule has 0 radical (unpaired) electrons. The highest BCUT2D eigenvalue weighted by molar-refractivity contribution is 5.98. The van der Waals surface area contributed by atoms with Crippen LogP contribution in [0.15, 0.2) is 25.3 Å². The Kier molecular flexibility index (Phi) is 10.1. The maximum absolute atomic E-state index is 14.4. The molecule has 3 saturated heterocycles. The lowest BCUT2D eigenvalue weighted by molar-refractivity contribution is -0.163. The van der Waals surface area contributed by atoms with Crippen molar-refractivity contribution in [1.29, 1.82) is 0 Å². The van der Waals surface area contributed by atoms with Gasteiger partial charge < -0.3 is 24.4 Å². The van der Waals surface area contributed by atoms with E-state index >= 15 is 0 Å². The van der Waals surface area contributed by atoms with Crippen LogP contribution in [0.4, 0.5) is 0 Å². The third kappa shape index (κ3) is 5.83. The predicted molar refractivity (Wildman–Crippen MR) is 151 cm³/mol. The van der Waals surface area contributed by atoms with Crippen molar-refractivity contribution in [3.8, 4) is 0 Å². The molecule has 0 aromatic heterocycles. The number of likely N-dealkylation sites (tertiary alicyclic amines) is 1. The van der Waals surface area contributed by atoms with Gasteiger partial charge in [-0.3, -0.25) is 14.4 Å². The van der Waals surface area contributed by atoms with Gasteiger partial charge in [-0.15, -0.1) is 13.2 Å². The number of rotatable bonds is 15. The summed E-state index contributed by atoms with van der Waals surface area (Å²) in [6.07, 6.45) is 9.65. The smallest absolute Gasteiger partial charge is 0.312 e. The van der Waals surface area contributed by atoms with E-state index in [2.05, 4.69) is 13.2 Å². The lowest BCUT2D eigenvalue weighted by atomic mass is 9.62. The van der Waals surface area contributed by atoms with Crippen molar-refractivity contribution in [2.45, 2.75) is 109 Å². The number of hydrogen-bond acceptors (Lipinski definition) is 6. The standard InChI is InChI=1S/C31H50N2O6/c1-8-10-11-16-20-38-28(37)24-23-26(35)32(18-14-12-13-15-19-34)25(27(36)33(17-9-2)29(4,5)6)31(23)21-22(3)30(24,7)39-31/h8-9,22-25,34H,1-2,10-21H2,3-7H3/t22?,23-,24-,25?,30+,31?/m0/s1. The van der Waals surface area contributed by atoms with Gasteiger partial charge in [-0.1, -0.05) is 31.9 Å². The van der Waals surface area contributed by atoms with Crippen molar-refractivity contribution in [3.05, 3.63) is 25.3 Å². The van der Waals surface area contributed by atoms with Crippen molar-refractivity contribution < 1.29 is 29.0 Å². The van der Waals surface area contributed by atoms with Crippen LogP contribution in [-0.4, -0.2) is 81.8 Å². The van der Waals surface area contributed by atoms with Gasteiger partial charge in [0.2, 0.25) is 11.8 Å². The number of amides is 2. The molecule has 3 aliphatic rings. The van der Waals surface area contributed by atoms with Crippen LogP contribution in [0.25, 0.3) is 0 Å². The van der Waals surface area contributed by atoms with Crippen LogP contribution < -0.4 is 0 Å². The molecular weight excluding hydrogens is 496 g/mol. The first-order valence-electron chi connectivity index (χ1n) is 14.7. The summed E-state index contributed by atoms with van der Waals surface area (Å²) in [5, 5.41) is 9.15. The minimum Gasteiger partial charge on any atom is -0.465 e. The predicted octanol–water partition coefficient (Wildman–Crippen LogP) is 4.26. The van der Waals surface area contributed by atoms with Crippen molar-refractivity contribution in [2.24, 2.45) is 17.8 Å². The molecule has 3 rings (SSSR count). The normalized spacial score (nSPS) is 31.3. The number of unbranched alkanes of at least 4 members (excludes halogenated alkanes) is 5. The zero-order valence-electron chi connectivity index (χ0n) is 24.7. The Bertz CT molecular complexity index is 929. The van der Waals surface area contributed by atoms with Crippen molar-refractivity contribution in [2.75, 3.05) is 26.3 Å². The number of aliphatic hydroxyl groups is 1.